The smallest absolute Gasteiger partial charge is 0.117 e. The van der Waals surface area contributed by atoms with Gasteiger partial charge < -0.3 is 10.8 Å². The maximum absolute atomic E-state index is 11.2. The van der Waals surface area contributed by atoms with Crippen LogP contribution < -0.4 is 5.73 Å². The second kappa shape index (κ2) is 4.19. The van der Waals surface area contributed by atoms with Crippen molar-refractivity contribution >= 4 is 0 Å². The number of fused-ring (bicyclic) bond motifs is 1. The number of aliphatic hydroxyl groups is 1. The Hall–Kier alpha value is -1.64. The summed E-state index contributed by atoms with van der Waals surface area (Å²) in [6.07, 6.45) is 0.552. The Kier molecular flexibility index (Phi) is 2.73. The van der Waals surface area contributed by atoms with Crippen molar-refractivity contribution < 1.29 is 5.11 Å². The maximum Gasteiger partial charge on any atom is 0.117 e. The highest BCUT2D eigenvalue weighted by Crippen LogP contribution is 2.47. The first-order valence-corrected chi connectivity index (χ1v) is 6.67. The third-order valence-corrected chi connectivity index (χ3v) is 4.16. The maximum atomic E-state index is 11.2. The first kappa shape index (κ1) is 12.4. The van der Waals surface area contributed by atoms with Crippen LogP contribution >= 0.6 is 0 Å². The van der Waals surface area contributed by atoms with Gasteiger partial charge in [0.05, 0.1) is 0 Å². The highest BCUT2D eigenvalue weighted by molar-refractivity contribution is 5.50. The fourth-order valence-electron chi connectivity index (χ4n) is 3.17. The van der Waals surface area contributed by atoms with Crippen molar-refractivity contribution in [1.82, 2.24) is 0 Å². The predicted octanol–water partition coefficient (Wildman–Crippen LogP) is 2.94. The van der Waals surface area contributed by atoms with Gasteiger partial charge in [0.2, 0.25) is 0 Å². The van der Waals surface area contributed by atoms with E-state index in [0.29, 0.717) is 6.42 Å². The van der Waals surface area contributed by atoms with Crippen molar-refractivity contribution in [2.75, 3.05) is 0 Å². The molecule has 0 spiro atoms. The highest BCUT2D eigenvalue weighted by Gasteiger charge is 2.42. The molecule has 2 unspecified atom stereocenters. The molecule has 1 aliphatic rings. The Morgan fingerprint density at radius 3 is 2.63 bits per heavy atom. The van der Waals surface area contributed by atoms with Crippen LogP contribution in [0.5, 0.6) is 0 Å². The molecule has 0 heterocycles. The van der Waals surface area contributed by atoms with E-state index in [2.05, 4.69) is 18.2 Å². The van der Waals surface area contributed by atoms with Crippen molar-refractivity contribution in [3.8, 4) is 0 Å². The van der Waals surface area contributed by atoms with Crippen LogP contribution in [0.1, 0.15) is 40.3 Å². The molecular formula is C17H19NO. The molecule has 1 aliphatic carbocycles. The van der Waals surface area contributed by atoms with Gasteiger partial charge in [0.1, 0.15) is 5.60 Å². The standard InChI is InChI=1S/C17H19NO/c1-11-7-8-12(2)15(9-11)17(19)10-16(18)13-5-3-4-6-14(13)17/h3-9,16,19H,10,18H2,1-2H3. The summed E-state index contributed by atoms with van der Waals surface area (Å²) in [5.41, 5.74) is 10.5. The van der Waals surface area contributed by atoms with E-state index in [1.807, 2.05) is 38.1 Å². The first-order chi connectivity index (χ1) is 9.02. The summed E-state index contributed by atoms with van der Waals surface area (Å²) < 4.78 is 0. The molecular weight excluding hydrogens is 234 g/mol. The van der Waals surface area contributed by atoms with E-state index in [-0.39, 0.29) is 6.04 Å². The molecule has 19 heavy (non-hydrogen) atoms. The van der Waals surface area contributed by atoms with Crippen LogP contribution in [0, 0.1) is 13.8 Å². The summed E-state index contributed by atoms with van der Waals surface area (Å²) in [5, 5.41) is 11.2. The lowest BCUT2D eigenvalue weighted by Crippen LogP contribution is -2.26. The van der Waals surface area contributed by atoms with Gasteiger partial charge in [-0.3, -0.25) is 0 Å². The van der Waals surface area contributed by atoms with Gasteiger partial charge in [0.25, 0.3) is 0 Å². The van der Waals surface area contributed by atoms with Crippen LogP contribution in [-0.4, -0.2) is 5.11 Å². The van der Waals surface area contributed by atoms with Crippen LogP contribution in [0.2, 0.25) is 0 Å². The molecule has 3 rings (SSSR count). The highest BCUT2D eigenvalue weighted by atomic mass is 16.3. The van der Waals surface area contributed by atoms with Crippen molar-refractivity contribution in [2.24, 2.45) is 5.73 Å². The molecule has 3 N–H and O–H groups in total. The van der Waals surface area contributed by atoms with Crippen LogP contribution in [0.15, 0.2) is 42.5 Å². The van der Waals surface area contributed by atoms with Gasteiger partial charge in [-0.25, -0.2) is 0 Å². The zero-order valence-corrected chi connectivity index (χ0v) is 11.4. The van der Waals surface area contributed by atoms with Crippen LogP contribution in [0.3, 0.4) is 0 Å². The van der Waals surface area contributed by atoms with Crippen LogP contribution in [0.4, 0.5) is 0 Å². The number of nitrogens with two attached hydrogens (primary N) is 1. The zero-order chi connectivity index (χ0) is 13.6. The third kappa shape index (κ3) is 1.79. The molecule has 0 aliphatic heterocycles. The van der Waals surface area contributed by atoms with E-state index in [9.17, 15) is 5.11 Å². The van der Waals surface area contributed by atoms with Crippen molar-refractivity contribution in [3.05, 3.63) is 70.3 Å². The largest absolute Gasteiger partial charge is 0.380 e. The van der Waals surface area contributed by atoms with E-state index in [1.165, 1.54) is 0 Å². The Balaban J connectivity index is 2.22. The predicted molar refractivity (Wildman–Crippen MR) is 76.9 cm³/mol. The molecule has 0 radical (unpaired) electrons. The molecule has 0 fully saturated rings. The topological polar surface area (TPSA) is 46.2 Å². The molecule has 0 aromatic heterocycles. The van der Waals surface area contributed by atoms with Gasteiger partial charge >= 0.3 is 0 Å². The van der Waals surface area contributed by atoms with Gasteiger partial charge in [-0.05, 0) is 36.1 Å². The summed E-state index contributed by atoms with van der Waals surface area (Å²) >= 11 is 0. The molecule has 0 saturated heterocycles. The van der Waals surface area contributed by atoms with Crippen molar-refractivity contribution in [3.63, 3.8) is 0 Å². The molecule has 0 amide bonds. The summed E-state index contributed by atoms with van der Waals surface area (Å²) in [6, 6.07) is 14.1. The van der Waals surface area contributed by atoms with Gasteiger partial charge in [-0.2, -0.15) is 0 Å². The van der Waals surface area contributed by atoms with Crippen molar-refractivity contribution in [2.45, 2.75) is 31.9 Å². The molecule has 0 saturated carbocycles. The number of aryl methyl sites for hydroxylation is 2. The second-order valence-corrected chi connectivity index (χ2v) is 5.58. The minimum atomic E-state index is -0.952. The Morgan fingerprint density at radius 2 is 1.84 bits per heavy atom. The molecule has 2 atom stereocenters. The van der Waals surface area contributed by atoms with Crippen LogP contribution in [0.25, 0.3) is 0 Å². The summed E-state index contributed by atoms with van der Waals surface area (Å²) in [7, 11) is 0. The molecule has 2 nitrogen and oxygen atoms in total. The van der Waals surface area contributed by atoms with Gasteiger partial charge in [-0.1, -0.05) is 48.0 Å². The minimum absolute atomic E-state index is 0.0962. The fourth-order valence-corrected chi connectivity index (χ4v) is 3.17. The summed E-state index contributed by atoms with van der Waals surface area (Å²) in [4.78, 5) is 0. The van der Waals surface area contributed by atoms with E-state index >= 15 is 0 Å². The normalized spacial score (nSPS) is 25.4. The van der Waals surface area contributed by atoms with E-state index in [4.69, 9.17) is 5.73 Å². The number of hydrogen-bond donors (Lipinski definition) is 2. The SMILES string of the molecule is Cc1ccc(C)c(C2(O)CC(N)c3ccccc32)c1. The average molecular weight is 253 g/mol. The zero-order valence-electron chi connectivity index (χ0n) is 11.4. The van der Waals surface area contributed by atoms with Gasteiger partial charge in [0, 0.05) is 12.5 Å². The van der Waals surface area contributed by atoms with Crippen molar-refractivity contribution in [1.29, 1.82) is 0 Å². The number of benzene rings is 2. The Bertz CT molecular complexity index is 635. The van der Waals surface area contributed by atoms with E-state index in [0.717, 1.165) is 27.8 Å². The monoisotopic (exact) mass is 253 g/mol. The number of rotatable bonds is 1. The second-order valence-electron chi connectivity index (χ2n) is 5.58. The lowest BCUT2D eigenvalue weighted by molar-refractivity contribution is 0.0769. The molecule has 98 valence electrons. The first-order valence-electron chi connectivity index (χ1n) is 6.67. The van der Waals surface area contributed by atoms with Crippen LogP contribution in [-0.2, 0) is 5.60 Å². The molecule has 2 heteroatoms. The van der Waals surface area contributed by atoms with Gasteiger partial charge in [-0.15, -0.1) is 0 Å². The molecule has 0 bridgehead atoms. The molecule has 2 aromatic carbocycles. The summed E-state index contributed by atoms with van der Waals surface area (Å²) in [5.74, 6) is 0. The van der Waals surface area contributed by atoms with E-state index < -0.39 is 5.60 Å². The average Bonchev–Trinajstić information content (AvgIpc) is 2.66. The Morgan fingerprint density at radius 1 is 1.11 bits per heavy atom. The summed E-state index contributed by atoms with van der Waals surface area (Å²) in [6.45, 7) is 4.09. The molecule has 2 aromatic rings. The fraction of sp³-hybridized carbons (Fsp3) is 0.294. The van der Waals surface area contributed by atoms with E-state index in [1.54, 1.807) is 0 Å². The minimum Gasteiger partial charge on any atom is -0.380 e. The third-order valence-electron chi connectivity index (χ3n) is 4.16. The number of hydrogen-bond acceptors (Lipinski definition) is 2. The lowest BCUT2D eigenvalue weighted by Gasteiger charge is -2.27. The lowest BCUT2D eigenvalue weighted by atomic mass is 9.84. The Labute approximate surface area is 113 Å². The quantitative estimate of drug-likeness (QED) is 0.820. The van der Waals surface area contributed by atoms with Gasteiger partial charge in [0.15, 0.2) is 0 Å².